The van der Waals surface area contributed by atoms with Gasteiger partial charge in [-0.25, -0.2) is 4.79 Å². The van der Waals surface area contributed by atoms with E-state index in [0.29, 0.717) is 13.0 Å². The van der Waals surface area contributed by atoms with Crippen molar-refractivity contribution in [1.29, 1.82) is 0 Å². The molecule has 0 aliphatic carbocycles. The van der Waals surface area contributed by atoms with Crippen molar-refractivity contribution in [2.24, 2.45) is 5.73 Å². The van der Waals surface area contributed by atoms with Crippen molar-refractivity contribution in [3.63, 3.8) is 0 Å². The van der Waals surface area contributed by atoms with Gasteiger partial charge in [-0.2, -0.15) is 0 Å². The van der Waals surface area contributed by atoms with E-state index in [9.17, 15) is 4.79 Å². The fourth-order valence-electron chi connectivity index (χ4n) is 1.71. The predicted molar refractivity (Wildman–Crippen MR) is 77.0 cm³/mol. The number of amides is 1. The van der Waals surface area contributed by atoms with Gasteiger partial charge in [0.25, 0.3) is 0 Å². The second-order valence-corrected chi connectivity index (χ2v) is 6.17. The zero-order valence-corrected chi connectivity index (χ0v) is 12.2. The number of alkyl carbamates (subject to hydrolysis) is 1. The van der Waals surface area contributed by atoms with Crippen molar-refractivity contribution in [1.82, 2.24) is 5.32 Å². The summed E-state index contributed by atoms with van der Waals surface area (Å²) in [4.78, 5) is 11.6. The lowest BCUT2D eigenvalue weighted by Crippen LogP contribution is -2.50. The molecule has 1 aromatic carbocycles. The minimum absolute atomic E-state index is 0.372. The number of hydrogen-bond donors (Lipinski definition) is 2. The van der Waals surface area contributed by atoms with Gasteiger partial charge in [0.05, 0.1) is 0 Å². The first-order valence-corrected chi connectivity index (χ1v) is 6.48. The number of benzene rings is 1. The van der Waals surface area contributed by atoms with E-state index in [4.69, 9.17) is 10.5 Å². The number of ether oxygens (including phenoxy) is 1. The number of carbonyl (C=O) groups excluding carboxylic acids is 1. The maximum absolute atomic E-state index is 11.6. The molecule has 0 fully saturated rings. The first-order valence-electron chi connectivity index (χ1n) is 6.48. The topological polar surface area (TPSA) is 64.3 Å². The highest BCUT2D eigenvalue weighted by atomic mass is 16.6. The third kappa shape index (κ3) is 6.82. The van der Waals surface area contributed by atoms with Crippen LogP contribution >= 0.6 is 0 Å². The van der Waals surface area contributed by atoms with Gasteiger partial charge in [0.15, 0.2) is 0 Å². The number of carbonyl (C=O) groups is 1. The highest BCUT2D eigenvalue weighted by Crippen LogP contribution is 2.11. The van der Waals surface area contributed by atoms with Crippen molar-refractivity contribution < 1.29 is 9.53 Å². The highest BCUT2D eigenvalue weighted by Gasteiger charge is 2.22. The zero-order valence-electron chi connectivity index (χ0n) is 12.2. The molecule has 0 aliphatic heterocycles. The monoisotopic (exact) mass is 264 g/mol. The van der Waals surface area contributed by atoms with E-state index in [-0.39, 0.29) is 0 Å². The Morgan fingerprint density at radius 2 is 1.79 bits per heavy atom. The lowest BCUT2D eigenvalue weighted by atomic mass is 9.94. The lowest BCUT2D eigenvalue weighted by Gasteiger charge is -2.26. The molecule has 0 bridgehead atoms. The van der Waals surface area contributed by atoms with E-state index in [1.54, 1.807) is 0 Å². The molecule has 3 N–H and O–H groups in total. The fourth-order valence-corrected chi connectivity index (χ4v) is 1.71. The average Bonchev–Trinajstić information content (AvgIpc) is 2.25. The summed E-state index contributed by atoms with van der Waals surface area (Å²) in [5, 5.41) is 2.71. The standard InChI is InChI=1S/C15H24N2O2/c1-14(2,3)19-13(18)17-11-15(4,16)10-12-8-6-5-7-9-12/h5-9H,10-11,16H2,1-4H3,(H,17,18). The minimum Gasteiger partial charge on any atom is -0.444 e. The molecular formula is C15H24N2O2. The Balaban J connectivity index is 2.45. The van der Waals surface area contributed by atoms with Gasteiger partial charge in [-0.1, -0.05) is 30.3 Å². The van der Waals surface area contributed by atoms with E-state index >= 15 is 0 Å². The molecule has 0 aromatic heterocycles. The molecule has 0 heterocycles. The van der Waals surface area contributed by atoms with Crippen LogP contribution in [-0.4, -0.2) is 23.8 Å². The maximum atomic E-state index is 11.6. The van der Waals surface area contributed by atoms with Gasteiger partial charge < -0.3 is 15.8 Å². The van der Waals surface area contributed by atoms with Crippen molar-refractivity contribution in [2.75, 3.05) is 6.54 Å². The summed E-state index contributed by atoms with van der Waals surface area (Å²) in [6.45, 7) is 7.78. The third-order valence-corrected chi connectivity index (χ3v) is 2.49. The summed E-state index contributed by atoms with van der Waals surface area (Å²) in [6, 6.07) is 9.98. The van der Waals surface area contributed by atoms with Crippen molar-refractivity contribution in [3.8, 4) is 0 Å². The van der Waals surface area contributed by atoms with Gasteiger partial charge in [-0.05, 0) is 39.7 Å². The van der Waals surface area contributed by atoms with Crippen LogP contribution in [0.5, 0.6) is 0 Å². The van der Waals surface area contributed by atoms with Gasteiger partial charge in [0, 0.05) is 12.1 Å². The summed E-state index contributed by atoms with van der Waals surface area (Å²) in [5.74, 6) is 0. The maximum Gasteiger partial charge on any atom is 0.407 e. The molecule has 0 saturated heterocycles. The molecule has 19 heavy (non-hydrogen) atoms. The van der Waals surface area contributed by atoms with E-state index in [0.717, 1.165) is 5.56 Å². The second-order valence-electron chi connectivity index (χ2n) is 6.17. The molecule has 1 aromatic rings. The van der Waals surface area contributed by atoms with Gasteiger partial charge in [0.2, 0.25) is 0 Å². The Kier molecular flexibility index (Phi) is 4.95. The normalized spacial score (nSPS) is 14.6. The van der Waals surface area contributed by atoms with Gasteiger partial charge in [-0.15, -0.1) is 0 Å². The quantitative estimate of drug-likeness (QED) is 0.878. The van der Waals surface area contributed by atoms with Crippen LogP contribution in [0.2, 0.25) is 0 Å². The molecular weight excluding hydrogens is 240 g/mol. The molecule has 4 nitrogen and oxygen atoms in total. The second kappa shape index (κ2) is 6.06. The smallest absolute Gasteiger partial charge is 0.407 e. The fraction of sp³-hybridized carbons (Fsp3) is 0.533. The summed E-state index contributed by atoms with van der Waals surface area (Å²) in [5.41, 5.74) is 6.35. The van der Waals surface area contributed by atoms with Crippen LogP contribution in [0, 0.1) is 0 Å². The van der Waals surface area contributed by atoms with Crippen molar-refractivity contribution >= 4 is 6.09 Å². The molecule has 0 radical (unpaired) electrons. The molecule has 1 atom stereocenters. The Bertz CT molecular complexity index is 408. The number of nitrogens with two attached hydrogens (primary N) is 1. The zero-order chi connectivity index (χ0) is 14.5. The summed E-state index contributed by atoms with van der Waals surface area (Å²) >= 11 is 0. The van der Waals surface area contributed by atoms with Crippen LogP contribution in [-0.2, 0) is 11.2 Å². The Hall–Kier alpha value is -1.55. The summed E-state index contributed by atoms with van der Waals surface area (Å²) < 4.78 is 5.18. The first-order chi connectivity index (χ1) is 8.68. The largest absolute Gasteiger partial charge is 0.444 e. The van der Waals surface area contributed by atoms with Crippen LogP contribution in [0.15, 0.2) is 30.3 Å². The van der Waals surface area contributed by atoms with Crippen LogP contribution in [0.4, 0.5) is 4.79 Å². The van der Waals surface area contributed by atoms with Gasteiger partial charge >= 0.3 is 6.09 Å². The number of rotatable bonds is 4. The summed E-state index contributed by atoms with van der Waals surface area (Å²) in [6.07, 6.45) is 0.265. The van der Waals surface area contributed by atoms with Crippen LogP contribution in [0.3, 0.4) is 0 Å². The van der Waals surface area contributed by atoms with Crippen LogP contribution < -0.4 is 11.1 Å². The number of hydrogen-bond acceptors (Lipinski definition) is 3. The van der Waals surface area contributed by atoms with E-state index < -0.39 is 17.2 Å². The molecule has 1 amide bonds. The van der Waals surface area contributed by atoms with Crippen LogP contribution in [0.25, 0.3) is 0 Å². The van der Waals surface area contributed by atoms with E-state index in [1.165, 1.54) is 0 Å². The highest BCUT2D eigenvalue weighted by molar-refractivity contribution is 5.67. The van der Waals surface area contributed by atoms with E-state index in [1.807, 2.05) is 58.0 Å². The minimum atomic E-state index is -0.502. The lowest BCUT2D eigenvalue weighted by molar-refractivity contribution is 0.0516. The molecule has 4 heteroatoms. The predicted octanol–water partition coefficient (Wildman–Crippen LogP) is 2.47. The average molecular weight is 264 g/mol. The van der Waals surface area contributed by atoms with Gasteiger partial charge in [0.1, 0.15) is 5.60 Å². The first kappa shape index (κ1) is 15.5. The Labute approximate surface area is 115 Å². The Morgan fingerprint density at radius 3 is 2.32 bits per heavy atom. The van der Waals surface area contributed by atoms with Gasteiger partial charge in [-0.3, -0.25) is 0 Å². The summed E-state index contributed by atoms with van der Waals surface area (Å²) in [7, 11) is 0. The van der Waals surface area contributed by atoms with E-state index in [2.05, 4.69) is 5.32 Å². The SMILES string of the molecule is CC(N)(CNC(=O)OC(C)(C)C)Cc1ccccc1. The van der Waals surface area contributed by atoms with Crippen molar-refractivity contribution in [2.45, 2.75) is 45.3 Å². The molecule has 106 valence electrons. The molecule has 0 aliphatic rings. The number of nitrogens with one attached hydrogen (secondary N) is 1. The Morgan fingerprint density at radius 1 is 1.21 bits per heavy atom. The van der Waals surface area contributed by atoms with Crippen molar-refractivity contribution in [3.05, 3.63) is 35.9 Å². The molecule has 1 unspecified atom stereocenters. The molecule has 0 spiro atoms. The third-order valence-electron chi connectivity index (χ3n) is 2.49. The van der Waals surface area contributed by atoms with Crippen LogP contribution in [0.1, 0.15) is 33.3 Å². The molecule has 1 rings (SSSR count). The molecule has 0 saturated carbocycles.